The monoisotopic (exact) mass is 326 g/mol. The second-order valence-corrected chi connectivity index (χ2v) is 4.58. The van der Waals surface area contributed by atoms with E-state index < -0.39 is 15.7 Å². The third kappa shape index (κ3) is 2.63. The Morgan fingerprint density at radius 1 is 1.44 bits per heavy atom. The van der Waals surface area contributed by atoms with Gasteiger partial charge in [-0.2, -0.15) is 0 Å². The Kier molecular flexibility index (Phi) is 4.12. The summed E-state index contributed by atoms with van der Waals surface area (Å²) in [4.78, 5) is 19.9. The molecule has 0 aliphatic carbocycles. The van der Waals surface area contributed by atoms with E-state index in [0.717, 1.165) is 12.1 Å². The number of primary amides is 1. The highest BCUT2D eigenvalue weighted by Crippen LogP contribution is 2.37. The largest absolute Gasteiger partial charge is 0.368 e. The maximum absolute atomic E-state index is 10.9. The molecule has 0 aromatic heterocycles. The smallest absolute Gasteiger partial charge is 0.272 e. The van der Waals surface area contributed by atoms with Crippen LogP contribution in [0.1, 0.15) is 10.4 Å². The average Bonchev–Trinajstić information content (AvgIpc) is 2.15. The van der Waals surface area contributed by atoms with Crippen molar-refractivity contribution in [3.05, 3.63) is 37.9 Å². The number of non-ortho nitro benzene ring substituents is 1. The van der Waals surface area contributed by atoms with E-state index in [-0.39, 0.29) is 21.3 Å². The molecule has 0 saturated heterocycles. The van der Waals surface area contributed by atoms with Crippen LogP contribution in [0.15, 0.2) is 12.1 Å². The van der Waals surface area contributed by atoms with Gasteiger partial charge >= 0.3 is 0 Å². The predicted octanol–water partition coefficient (Wildman–Crippen LogP) is 2.82. The fourth-order valence-corrected chi connectivity index (χ4v) is 2.51. The predicted molar refractivity (Wildman–Crippen MR) is 64.0 cm³/mol. The number of halogens is 3. The molecule has 0 bridgehead atoms. The number of benzene rings is 1. The molecule has 1 rings (SSSR count). The van der Waals surface area contributed by atoms with Crippen LogP contribution in [0, 0.1) is 10.1 Å². The van der Waals surface area contributed by atoms with Crippen molar-refractivity contribution < 1.29 is 9.72 Å². The second-order valence-electron chi connectivity index (χ2n) is 2.85. The Hall–Kier alpha value is -0.850. The number of nitro benzene ring substituents is 1. The van der Waals surface area contributed by atoms with Crippen molar-refractivity contribution in [3.63, 3.8) is 0 Å². The molecule has 5 nitrogen and oxygen atoms in total. The zero-order chi connectivity index (χ0) is 12.5. The molecular weight excluding hydrogens is 323 g/mol. The van der Waals surface area contributed by atoms with Gasteiger partial charge in [-0.25, -0.2) is 0 Å². The number of alkyl halides is 1. The Balaban J connectivity index is 3.33. The summed E-state index contributed by atoms with van der Waals surface area (Å²) < 4.78 is 0. The first-order chi connectivity index (χ1) is 7.34. The second kappa shape index (κ2) is 4.99. The van der Waals surface area contributed by atoms with Crippen LogP contribution in [0.25, 0.3) is 0 Å². The van der Waals surface area contributed by atoms with Crippen LogP contribution >= 0.6 is 39.1 Å². The van der Waals surface area contributed by atoms with E-state index in [9.17, 15) is 14.9 Å². The van der Waals surface area contributed by atoms with E-state index in [2.05, 4.69) is 15.9 Å². The van der Waals surface area contributed by atoms with Crippen LogP contribution in [0.2, 0.25) is 10.0 Å². The fraction of sp³-hybridized carbons (Fsp3) is 0.125. The average molecular weight is 328 g/mol. The molecule has 0 aliphatic heterocycles. The van der Waals surface area contributed by atoms with E-state index in [1.807, 2.05) is 0 Å². The van der Waals surface area contributed by atoms with Crippen molar-refractivity contribution in [2.24, 2.45) is 5.73 Å². The maximum atomic E-state index is 10.9. The molecule has 0 spiro atoms. The first-order valence-electron chi connectivity index (χ1n) is 3.91. The van der Waals surface area contributed by atoms with E-state index in [1.165, 1.54) is 0 Å². The molecule has 0 aliphatic rings. The van der Waals surface area contributed by atoms with E-state index >= 15 is 0 Å². The summed E-state index contributed by atoms with van der Waals surface area (Å²) in [7, 11) is 0. The number of hydrogen-bond donors (Lipinski definition) is 1. The van der Waals surface area contributed by atoms with Crippen LogP contribution in [-0.2, 0) is 4.79 Å². The zero-order valence-electron chi connectivity index (χ0n) is 7.62. The van der Waals surface area contributed by atoms with Crippen molar-refractivity contribution in [1.29, 1.82) is 0 Å². The lowest BCUT2D eigenvalue weighted by Gasteiger charge is -2.10. The van der Waals surface area contributed by atoms with E-state index in [4.69, 9.17) is 28.9 Å². The van der Waals surface area contributed by atoms with Crippen LogP contribution in [0.3, 0.4) is 0 Å². The lowest BCUT2D eigenvalue weighted by atomic mass is 10.1. The van der Waals surface area contributed by atoms with E-state index in [1.54, 1.807) is 0 Å². The summed E-state index contributed by atoms with van der Waals surface area (Å²) >= 11 is 14.6. The van der Waals surface area contributed by atoms with Crippen molar-refractivity contribution in [1.82, 2.24) is 0 Å². The molecule has 0 radical (unpaired) electrons. The number of hydrogen-bond acceptors (Lipinski definition) is 3. The van der Waals surface area contributed by atoms with Gasteiger partial charge in [0.2, 0.25) is 5.91 Å². The molecule has 2 N–H and O–H groups in total. The van der Waals surface area contributed by atoms with Gasteiger partial charge in [0.1, 0.15) is 4.83 Å². The van der Waals surface area contributed by atoms with Gasteiger partial charge in [0.05, 0.1) is 15.0 Å². The molecule has 1 aromatic rings. The van der Waals surface area contributed by atoms with Crippen molar-refractivity contribution in [2.45, 2.75) is 4.83 Å². The number of nitro groups is 1. The highest BCUT2D eigenvalue weighted by molar-refractivity contribution is 9.09. The number of nitrogens with zero attached hydrogens (tertiary/aromatic N) is 1. The fourth-order valence-electron chi connectivity index (χ4n) is 1.06. The van der Waals surface area contributed by atoms with Gasteiger partial charge in [0, 0.05) is 17.7 Å². The molecule has 0 fully saturated rings. The zero-order valence-corrected chi connectivity index (χ0v) is 10.7. The minimum atomic E-state index is -0.881. The van der Waals surface area contributed by atoms with Crippen LogP contribution in [-0.4, -0.2) is 10.8 Å². The molecule has 1 amide bonds. The molecule has 16 heavy (non-hydrogen) atoms. The van der Waals surface area contributed by atoms with Crippen LogP contribution < -0.4 is 5.73 Å². The van der Waals surface area contributed by atoms with Crippen LogP contribution in [0.4, 0.5) is 5.69 Å². The van der Waals surface area contributed by atoms with Gasteiger partial charge in [-0.3, -0.25) is 14.9 Å². The lowest BCUT2D eigenvalue weighted by Crippen LogP contribution is -2.17. The minimum absolute atomic E-state index is 0.0138. The molecule has 8 heteroatoms. The number of carbonyl (C=O) groups is 1. The summed E-state index contributed by atoms with van der Waals surface area (Å²) in [5.74, 6) is -0.683. The van der Waals surface area contributed by atoms with Gasteiger partial charge in [-0.15, -0.1) is 0 Å². The summed E-state index contributed by atoms with van der Waals surface area (Å²) in [5.41, 5.74) is 5.04. The minimum Gasteiger partial charge on any atom is -0.368 e. The quantitative estimate of drug-likeness (QED) is 0.526. The number of rotatable bonds is 3. The molecule has 1 aromatic carbocycles. The summed E-state index contributed by atoms with van der Waals surface area (Å²) in [6, 6.07) is 2.22. The Labute approximate surface area is 109 Å². The first-order valence-corrected chi connectivity index (χ1v) is 5.58. The summed E-state index contributed by atoms with van der Waals surface area (Å²) in [5, 5.41) is 10.5. The summed E-state index contributed by atoms with van der Waals surface area (Å²) in [6.45, 7) is 0. The van der Waals surface area contributed by atoms with Crippen LogP contribution in [0.5, 0.6) is 0 Å². The standard InChI is InChI=1S/C8H5BrCl2N2O3/c9-7(8(12)14)6-4(10)1-3(13(15)16)2-5(6)11/h1-2,7H,(H2,12,14). The van der Waals surface area contributed by atoms with E-state index in [0.29, 0.717) is 0 Å². The van der Waals surface area contributed by atoms with Gasteiger partial charge < -0.3 is 5.73 Å². The Morgan fingerprint density at radius 2 is 1.88 bits per heavy atom. The van der Waals surface area contributed by atoms with Crippen molar-refractivity contribution >= 4 is 50.7 Å². The molecule has 0 saturated carbocycles. The molecule has 0 heterocycles. The van der Waals surface area contributed by atoms with Gasteiger partial charge in [-0.05, 0) is 0 Å². The summed E-state index contributed by atoms with van der Waals surface area (Å²) in [6.07, 6.45) is 0. The Morgan fingerprint density at radius 3 is 2.19 bits per heavy atom. The maximum Gasteiger partial charge on any atom is 0.272 e. The highest BCUT2D eigenvalue weighted by Gasteiger charge is 2.23. The molecule has 1 unspecified atom stereocenters. The van der Waals surface area contributed by atoms with Gasteiger partial charge in [-0.1, -0.05) is 39.1 Å². The van der Waals surface area contributed by atoms with Gasteiger partial charge in [0.25, 0.3) is 5.69 Å². The topological polar surface area (TPSA) is 86.2 Å². The lowest BCUT2D eigenvalue weighted by molar-refractivity contribution is -0.384. The number of carbonyl (C=O) groups excluding carboxylic acids is 1. The van der Waals surface area contributed by atoms with Gasteiger partial charge in [0.15, 0.2) is 0 Å². The third-order valence-corrected chi connectivity index (χ3v) is 3.31. The molecular formula is C8H5BrCl2N2O3. The normalized spacial score (nSPS) is 12.2. The molecule has 86 valence electrons. The molecule has 1 atom stereocenters. The number of nitrogens with two attached hydrogens (primary N) is 1. The highest BCUT2D eigenvalue weighted by atomic mass is 79.9. The number of amides is 1. The van der Waals surface area contributed by atoms with Crippen molar-refractivity contribution in [3.8, 4) is 0 Å². The third-order valence-electron chi connectivity index (χ3n) is 1.78. The Bertz CT molecular complexity index is 444. The first kappa shape index (κ1) is 13.2. The van der Waals surface area contributed by atoms with Crippen molar-refractivity contribution in [2.75, 3.05) is 0 Å². The SMILES string of the molecule is NC(=O)C(Br)c1c(Cl)cc([N+](=O)[O-])cc1Cl.